The van der Waals surface area contributed by atoms with Gasteiger partial charge < -0.3 is 22.1 Å². The summed E-state index contributed by atoms with van der Waals surface area (Å²) in [6, 6.07) is 10.6. The summed E-state index contributed by atoms with van der Waals surface area (Å²) in [5, 5.41) is 14.2. The van der Waals surface area contributed by atoms with Crippen molar-refractivity contribution < 1.29 is 55.3 Å². The summed E-state index contributed by atoms with van der Waals surface area (Å²) in [4.78, 5) is 50.7. The van der Waals surface area contributed by atoms with Crippen LogP contribution in [0.15, 0.2) is 54.7 Å². The van der Waals surface area contributed by atoms with Crippen molar-refractivity contribution in [1.82, 2.24) is 15.5 Å². The van der Waals surface area contributed by atoms with Crippen molar-refractivity contribution >= 4 is 35.0 Å². The first-order chi connectivity index (χ1) is 14.3. The van der Waals surface area contributed by atoms with Gasteiger partial charge in [0.2, 0.25) is 0 Å². The molecule has 2 atom stereocenters. The summed E-state index contributed by atoms with van der Waals surface area (Å²) in [6.45, 7) is 0. The summed E-state index contributed by atoms with van der Waals surface area (Å²) in [5.41, 5.74) is 1.12. The van der Waals surface area contributed by atoms with Crippen LogP contribution < -0.4 is 40.2 Å². The summed E-state index contributed by atoms with van der Waals surface area (Å²) >= 11 is 1.41. The molecule has 158 valence electrons. The summed E-state index contributed by atoms with van der Waals surface area (Å²) < 4.78 is 0. The average molecular weight is 451 g/mol. The number of carboxylic acids is 1. The standard InChI is InChI=1S/C21H21N3O5S.Na.H/c1-24-10-9-16(25)19(20(24)28)23-21(29)22-15(12-18(26)27)17-8-7-14(30-17)11-13-5-3-2-4-6-13;;/h2-10,15,19H,11-12H2,1H3,(H,26,27)(H2,22,23,29);;/q;+1;-1/t15-,19?;;/m0../s1. The molecule has 0 radical (unpaired) electrons. The third-order valence-electron chi connectivity index (χ3n) is 4.55. The molecule has 0 saturated carbocycles. The number of urea groups is 1. The SMILES string of the molecule is CN1C=CC(=O)C(NC(=O)N[C@@H](CC(=O)O)c2ccc(Cc3ccccc3)s2)C1=O.[H-].[Na+]. The van der Waals surface area contributed by atoms with Gasteiger partial charge in [-0.15, -0.1) is 11.3 Å². The molecule has 31 heavy (non-hydrogen) atoms. The van der Waals surface area contributed by atoms with E-state index < -0.39 is 35.8 Å². The number of likely N-dealkylation sites (N-methyl/N-ethyl adjacent to an activating group) is 1. The molecule has 0 aliphatic carbocycles. The molecule has 2 aromatic rings. The van der Waals surface area contributed by atoms with Gasteiger partial charge in [-0.1, -0.05) is 30.3 Å². The number of hydrogen-bond acceptors (Lipinski definition) is 5. The van der Waals surface area contributed by atoms with E-state index in [9.17, 15) is 24.3 Å². The van der Waals surface area contributed by atoms with Gasteiger partial charge in [-0.05, 0) is 17.7 Å². The van der Waals surface area contributed by atoms with Gasteiger partial charge in [-0.3, -0.25) is 14.4 Å². The zero-order valence-electron chi connectivity index (χ0n) is 18.2. The van der Waals surface area contributed by atoms with Crippen LogP contribution in [0, 0.1) is 0 Å². The second-order valence-corrected chi connectivity index (χ2v) is 8.03. The van der Waals surface area contributed by atoms with Gasteiger partial charge >= 0.3 is 41.6 Å². The number of ketones is 1. The zero-order chi connectivity index (χ0) is 21.7. The Morgan fingerprint density at radius 1 is 1.19 bits per heavy atom. The molecule has 1 aromatic carbocycles. The van der Waals surface area contributed by atoms with Gasteiger partial charge in [-0.2, -0.15) is 0 Å². The van der Waals surface area contributed by atoms with Crippen LogP contribution >= 0.6 is 11.3 Å². The van der Waals surface area contributed by atoms with Crippen molar-refractivity contribution in [2.75, 3.05) is 7.05 Å². The van der Waals surface area contributed by atoms with Crippen LogP contribution in [0.3, 0.4) is 0 Å². The largest absolute Gasteiger partial charge is 1.00 e. The molecule has 2 heterocycles. The minimum absolute atomic E-state index is 0. The number of carboxylic acid groups (broad SMARTS) is 1. The number of nitrogens with one attached hydrogen (secondary N) is 2. The van der Waals surface area contributed by atoms with Gasteiger partial charge in [0.05, 0.1) is 12.5 Å². The fourth-order valence-electron chi connectivity index (χ4n) is 3.02. The average Bonchev–Trinajstić information content (AvgIpc) is 3.17. The number of thiophene rings is 1. The van der Waals surface area contributed by atoms with E-state index >= 15 is 0 Å². The third kappa shape index (κ3) is 6.76. The second kappa shape index (κ2) is 11.2. The Morgan fingerprint density at radius 2 is 1.90 bits per heavy atom. The predicted molar refractivity (Wildman–Crippen MR) is 112 cm³/mol. The first kappa shape index (κ1) is 24.8. The van der Waals surface area contributed by atoms with Crippen molar-refractivity contribution in [2.24, 2.45) is 0 Å². The fourth-order valence-corrected chi connectivity index (χ4v) is 4.11. The molecule has 10 heteroatoms. The van der Waals surface area contributed by atoms with Crippen LogP contribution in [0.2, 0.25) is 0 Å². The van der Waals surface area contributed by atoms with E-state index in [0.29, 0.717) is 11.3 Å². The third-order valence-corrected chi connectivity index (χ3v) is 5.75. The Labute approximate surface area is 207 Å². The molecular formula is C21H22N3NaO5S. The Balaban J connectivity index is 0.00000256. The first-order valence-electron chi connectivity index (χ1n) is 9.23. The molecule has 1 unspecified atom stereocenters. The van der Waals surface area contributed by atoms with E-state index in [-0.39, 0.29) is 37.4 Å². The van der Waals surface area contributed by atoms with Crippen molar-refractivity contribution in [3.8, 4) is 0 Å². The number of aliphatic carboxylic acids is 1. The Morgan fingerprint density at radius 3 is 2.58 bits per heavy atom. The van der Waals surface area contributed by atoms with E-state index in [1.165, 1.54) is 35.6 Å². The summed E-state index contributed by atoms with van der Waals surface area (Å²) in [6.07, 6.45) is 2.90. The van der Waals surface area contributed by atoms with Crippen LogP contribution in [-0.4, -0.2) is 46.8 Å². The summed E-state index contributed by atoms with van der Waals surface area (Å²) in [5.74, 6) is -2.18. The van der Waals surface area contributed by atoms with Crippen LogP contribution in [0.25, 0.3) is 0 Å². The van der Waals surface area contributed by atoms with Crippen molar-refractivity contribution in [3.63, 3.8) is 0 Å². The van der Waals surface area contributed by atoms with Crippen LogP contribution in [0.1, 0.15) is 29.2 Å². The Hall–Kier alpha value is -2.46. The first-order valence-corrected chi connectivity index (χ1v) is 10.0. The van der Waals surface area contributed by atoms with E-state index in [1.54, 1.807) is 6.07 Å². The molecule has 0 bridgehead atoms. The molecule has 1 aliphatic heterocycles. The van der Waals surface area contributed by atoms with Crippen LogP contribution in [0.4, 0.5) is 4.79 Å². The molecule has 0 spiro atoms. The van der Waals surface area contributed by atoms with Crippen molar-refractivity contribution in [1.29, 1.82) is 0 Å². The zero-order valence-corrected chi connectivity index (χ0v) is 20.0. The maximum Gasteiger partial charge on any atom is 1.00 e. The fraction of sp³-hybridized carbons (Fsp3) is 0.238. The van der Waals surface area contributed by atoms with Gasteiger partial charge in [-0.25, -0.2) is 4.79 Å². The molecule has 1 aliphatic rings. The normalized spacial score (nSPS) is 16.4. The molecule has 3 N–H and O–H groups in total. The quantitative estimate of drug-likeness (QED) is 0.376. The van der Waals surface area contributed by atoms with Gasteiger partial charge in [0, 0.05) is 35.5 Å². The van der Waals surface area contributed by atoms with Crippen LogP contribution in [0.5, 0.6) is 0 Å². The number of rotatable bonds is 7. The minimum atomic E-state index is -1.33. The minimum Gasteiger partial charge on any atom is -1.00 e. The topological polar surface area (TPSA) is 116 Å². The number of carbonyl (C=O) groups excluding carboxylic acids is 3. The van der Waals surface area contributed by atoms with E-state index in [4.69, 9.17) is 0 Å². The Kier molecular flexibility index (Phi) is 9.00. The van der Waals surface area contributed by atoms with Crippen LogP contribution in [-0.2, 0) is 20.8 Å². The molecule has 3 amide bonds. The number of nitrogens with zero attached hydrogens (tertiary/aromatic N) is 1. The molecule has 0 saturated heterocycles. The predicted octanol–water partition coefficient (Wildman–Crippen LogP) is -0.806. The maximum absolute atomic E-state index is 12.4. The van der Waals surface area contributed by atoms with E-state index in [2.05, 4.69) is 10.6 Å². The number of carbonyl (C=O) groups is 4. The molecule has 0 fully saturated rings. The molecular weight excluding hydrogens is 429 g/mol. The number of hydrogen-bond donors (Lipinski definition) is 3. The van der Waals surface area contributed by atoms with Gasteiger partial charge in [0.1, 0.15) is 0 Å². The Bertz CT molecular complexity index is 998. The van der Waals surface area contributed by atoms with E-state index in [1.807, 2.05) is 36.4 Å². The molecule has 3 rings (SSSR count). The monoisotopic (exact) mass is 451 g/mol. The van der Waals surface area contributed by atoms with Gasteiger partial charge in [0.15, 0.2) is 11.8 Å². The maximum atomic E-state index is 12.4. The van der Waals surface area contributed by atoms with Crippen molar-refractivity contribution in [3.05, 3.63) is 70.1 Å². The molecule has 1 aromatic heterocycles. The van der Waals surface area contributed by atoms with Crippen molar-refractivity contribution in [2.45, 2.75) is 24.9 Å². The number of amides is 3. The number of benzene rings is 1. The second-order valence-electron chi connectivity index (χ2n) is 6.83. The smallest absolute Gasteiger partial charge is 1.00 e. The van der Waals surface area contributed by atoms with Gasteiger partial charge in [0.25, 0.3) is 5.91 Å². The van der Waals surface area contributed by atoms with E-state index in [0.717, 1.165) is 10.4 Å². The summed E-state index contributed by atoms with van der Waals surface area (Å²) in [7, 11) is 1.48. The molecule has 8 nitrogen and oxygen atoms in total.